The van der Waals surface area contributed by atoms with Gasteiger partial charge in [0.15, 0.2) is 0 Å². The molecule has 0 aliphatic carbocycles. The smallest absolute Gasteiger partial charge is 0.137 e. The summed E-state index contributed by atoms with van der Waals surface area (Å²) in [6.45, 7) is 6.59. The molecule has 0 amide bonds. The molecule has 530 valence electrons. The Balaban J connectivity index is 0.590. The van der Waals surface area contributed by atoms with Crippen molar-refractivity contribution < 1.29 is 17.7 Å². The molecular weight excluding hydrogens is 1370 g/mol. The highest BCUT2D eigenvalue weighted by molar-refractivity contribution is 6.19. The van der Waals surface area contributed by atoms with Crippen LogP contribution in [-0.2, 0) is 6.42 Å². The molecule has 4 aromatic heterocycles. The van der Waals surface area contributed by atoms with Gasteiger partial charge >= 0.3 is 0 Å². The molecule has 0 saturated carbocycles. The number of rotatable bonds is 14. The Morgan fingerprint density at radius 3 is 0.964 bits per heavy atom. The minimum absolute atomic E-state index is 0.722. The van der Waals surface area contributed by atoms with Crippen molar-refractivity contribution >= 4 is 199 Å². The van der Waals surface area contributed by atoms with Gasteiger partial charge in [0.25, 0.3) is 0 Å². The number of anilines is 12. The molecule has 112 heavy (non-hydrogen) atoms. The molecule has 22 rings (SSSR count). The number of benzene rings is 18. The van der Waals surface area contributed by atoms with Crippen LogP contribution in [0.4, 0.5) is 68.2 Å². The van der Waals surface area contributed by atoms with E-state index in [2.05, 4.69) is 380 Å². The number of hydrogen-bond donors (Lipinski definition) is 0. The van der Waals surface area contributed by atoms with Crippen LogP contribution in [0.1, 0.15) is 27.8 Å². The van der Waals surface area contributed by atoms with Gasteiger partial charge in [0, 0.05) is 89.2 Å². The molecule has 22 aromatic rings. The van der Waals surface area contributed by atoms with Crippen molar-refractivity contribution in [1.82, 2.24) is 0 Å². The normalized spacial score (nSPS) is 11.9. The highest BCUT2D eigenvalue weighted by atomic mass is 16.3. The number of furan rings is 4. The topological polar surface area (TPSA) is 65.5 Å². The molecule has 0 aliphatic rings. The molecule has 0 fully saturated rings. The quantitative estimate of drug-likeness (QED) is 0.107. The first-order chi connectivity index (χ1) is 55.2. The van der Waals surface area contributed by atoms with E-state index in [0.717, 1.165) is 206 Å². The average molecular weight is 1440 g/mol. The second-order valence-corrected chi connectivity index (χ2v) is 29.8. The van der Waals surface area contributed by atoms with Crippen molar-refractivity contribution in [3.05, 3.63) is 386 Å². The summed E-state index contributed by atoms with van der Waals surface area (Å²) in [4.78, 5) is 9.44. The van der Waals surface area contributed by atoms with Gasteiger partial charge in [-0.1, -0.05) is 152 Å². The van der Waals surface area contributed by atoms with Gasteiger partial charge in [0.2, 0.25) is 0 Å². The Morgan fingerprint density at radius 2 is 0.527 bits per heavy atom. The number of aryl methyl sites for hydroxylation is 3. The molecule has 0 aliphatic heterocycles. The second kappa shape index (κ2) is 25.8. The molecule has 8 heteroatoms. The molecular formula is C104H70N4O4. The summed E-state index contributed by atoms with van der Waals surface area (Å²) in [6, 6.07) is 129. The van der Waals surface area contributed by atoms with Gasteiger partial charge < -0.3 is 37.3 Å². The van der Waals surface area contributed by atoms with Crippen molar-refractivity contribution in [3.63, 3.8) is 0 Å². The summed E-state index contributed by atoms with van der Waals surface area (Å²) >= 11 is 0. The maximum atomic E-state index is 6.96. The molecule has 0 spiro atoms. The molecule has 0 unspecified atom stereocenters. The highest BCUT2D eigenvalue weighted by Gasteiger charge is 2.25. The first kappa shape index (κ1) is 64.6. The lowest BCUT2D eigenvalue weighted by molar-refractivity contribution is 0.668. The van der Waals surface area contributed by atoms with Crippen LogP contribution in [0.25, 0.3) is 131 Å². The molecule has 0 N–H and O–H groups in total. The number of nitrogens with zero attached hydrogens (tertiary/aromatic N) is 4. The predicted octanol–water partition coefficient (Wildman–Crippen LogP) is 30.3. The lowest BCUT2D eigenvalue weighted by Crippen LogP contribution is -2.11. The van der Waals surface area contributed by atoms with Crippen LogP contribution in [-0.4, -0.2) is 0 Å². The van der Waals surface area contributed by atoms with Crippen LogP contribution in [0.3, 0.4) is 0 Å². The Bertz CT molecular complexity index is 7560. The van der Waals surface area contributed by atoms with E-state index in [1.807, 2.05) is 18.2 Å². The standard InChI is InChI=1S/C104H70N4O4/c1-64-36-42-81(48-65(64)2)105(77-21-7-4-8-22-77)83-44-38-69-56-89-90-57-70-39-45-84(53-74(70)61-100(90)111-99(89)60-73(69)52-83)106(78-23-9-5-10-24-78)82-43-37-68(66(3)49-82)50-67-20-17-27-80(51-67)108(94-31-19-35-98-104(94)88-29-14-16-33-96(88)110-98)86-47-41-72-59-92-91-58-71-40-46-85(54-75(71)62-101(91)112-102(92)63-76(72)55-86)107(79-25-11-6-12-26-79)93-30-18-34-97-103(93)87-28-13-15-32-95(87)109-97/h4-49,51-63H,50H2,1-3H3. The summed E-state index contributed by atoms with van der Waals surface area (Å²) in [7, 11) is 0. The van der Waals surface area contributed by atoms with Crippen LogP contribution >= 0.6 is 0 Å². The van der Waals surface area contributed by atoms with Crippen LogP contribution in [0, 0.1) is 20.8 Å². The minimum Gasteiger partial charge on any atom is -0.456 e. The molecule has 0 radical (unpaired) electrons. The molecule has 0 bridgehead atoms. The molecule has 18 aromatic carbocycles. The van der Waals surface area contributed by atoms with Crippen LogP contribution in [0.2, 0.25) is 0 Å². The Hall–Kier alpha value is -14.6. The zero-order valence-electron chi connectivity index (χ0n) is 61.7. The second-order valence-electron chi connectivity index (χ2n) is 29.8. The van der Waals surface area contributed by atoms with Crippen molar-refractivity contribution in [2.45, 2.75) is 27.2 Å². The van der Waals surface area contributed by atoms with Crippen molar-refractivity contribution in [2.75, 3.05) is 19.6 Å². The van der Waals surface area contributed by atoms with E-state index in [9.17, 15) is 0 Å². The molecule has 4 heterocycles. The van der Waals surface area contributed by atoms with E-state index in [0.29, 0.717) is 0 Å². The highest BCUT2D eigenvalue weighted by Crippen LogP contribution is 2.49. The zero-order valence-corrected chi connectivity index (χ0v) is 61.7. The fraction of sp³-hybridized carbons (Fsp3) is 0.0385. The van der Waals surface area contributed by atoms with Crippen LogP contribution in [0.15, 0.2) is 376 Å². The van der Waals surface area contributed by atoms with Gasteiger partial charge in [-0.2, -0.15) is 0 Å². The first-order valence-electron chi connectivity index (χ1n) is 38.3. The molecule has 0 saturated heterocycles. The van der Waals surface area contributed by atoms with E-state index in [4.69, 9.17) is 17.7 Å². The van der Waals surface area contributed by atoms with E-state index in [-0.39, 0.29) is 0 Å². The monoisotopic (exact) mass is 1440 g/mol. The minimum atomic E-state index is 0.722. The Labute approximate surface area is 645 Å². The fourth-order valence-corrected chi connectivity index (χ4v) is 17.3. The summed E-state index contributed by atoms with van der Waals surface area (Å²) in [5.41, 5.74) is 25.7. The van der Waals surface area contributed by atoms with Gasteiger partial charge in [0.05, 0.1) is 22.1 Å². The lowest BCUT2D eigenvalue weighted by atomic mass is 9.98. The summed E-state index contributed by atoms with van der Waals surface area (Å²) < 4.78 is 26.8. The van der Waals surface area contributed by atoms with Gasteiger partial charge in [-0.05, 0) is 304 Å². The Kier molecular flexibility index (Phi) is 14.9. The maximum absolute atomic E-state index is 6.96. The van der Waals surface area contributed by atoms with Crippen molar-refractivity contribution in [3.8, 4) is 0 Å². The maximum Gasteiger partial charge on any atom is 0.137 e. The van der Waals surface area contributed by atoms with E-state index in [1.54, 1.807) is 0 Å². The number of fused-ring (bicyclic) bond motifs is 16. The number of hydrogen-bond acceptors (Lipinski definition) is 8. The SMILES string of the molecule is Cc1ccc(N(c2ccccc2)c2ccc3cc4c(cc3c2)oc2cc3cc(N(c5ccccc5)c5ccc(Cc6cccc(N(c7ccc8cc9c(cc8c7)oc7cc8cc(N(c%10ccccc%10)c%10cccc%11oc%12ccccc%12c%10%11)ccc8cc79)c7cccc8oc9ccccc9c78)c6)c(C)c5)ccc3cc24)cc1C. The first-order valence-corrected chi connectivity index (χ1v) is 38.3. The third-order valence-corrected chi connectivity index (χ3v) is 22.9. The summed E-state index contributed by atoms with van der Waals surface area (Å²) in [5.74, 6) is 0. The van der Waals surface area contributed by atoms with E-state index in [1.165, 1.54) is 27.8 Å². The summed E-state index contributed by atoms with van der Waals surface area (Å²) in [5, 5.41) is 17.5. The predicted molar refractivity (Wildman–Crippen MR) is 468 cm³/mol. The number of para-hydroxylation sites is 5. The van der Waals surface area contributed by atoms with Gasteiger partial charge in [-0.25, -0.2) is 0 Å². The average Bonchev–Trinajstić information content (AvgIpc) is 1.56. The van der Waals surface area contributed by atoms with Gasteiger partial charge in [-0.15, -0.1) is 0 Å². The van der Waals surface area contributed by atoms with Crippen molar-refractivity contribution in [1.29, 1.82) is 0 Å². The van der Waals surface area contributed by atoms with E-state index < -0.39 is 0 Å². The van der Waals surface area contributed by atoms with Crippen LogP contribution < -0.4 is 19.6 Å². The zero-order chi connectivity index (χ0) is 74.2. The largest absolute Gasteiger partial charge is 0.456 e. The fourth-order valence-electron chi connectivity index (χ4n) is 17.3. The van der Waals surface area contributed by atoms with Gasteiger partial charge in [-0.3, -0.25) is 0 Å². The summed E-state index contributed by atoms with van der Waals surface area (Å²) in [6.07, 6.45) is 0.722. The van der Waals surface area contributed by atoms with Crippen LogP contribution in [0.5, 0.6) is 0 Å². The van der Waals surface area contributed by atoms with Gasteiger partial charge in [0.1, 0.15) is 44.7 Å². The lowest BCUT2D eigenvalue weighted by Gasteiger charge is -2.27. The third kappa shape index (κ3) is 10.9. The van der Waals surface area contributed by atoms with Crippen molar-refractivity contribution in [2.24, 2.45) is 0 Å². The van der Waals surface area contributed by atoms with E-state index >= 15 is 0 Å². The molecule has 0 atom stereocenters. The Morgan fingerprint density at radius 1 is 0.196 bits per heavy atom. The third-order valence-electron chi connectivity index (χ3n) is 22.9. The molecule has 8 nitrogen and oxygen atoms in total.